The average Bonchev–Trinajstić information content (AvgIpc) is 2.75. The van der Waals surface area contributed by atoms with E-state index in [0.29, 0.717) is 22.9 Å². The molecule has 0 atom stereocenters. The molecular weight excluding hydrogens is 258 g/mol. The lowest BCUT2D eigenvalue weighted by Crippen LogP contribution is -2.23. The number of nitrogen functional groups attached to an aromatic ring is 1. The van der Waals surface area contributed by atoms with E-state index in [-0.39, 0.29) is 12.5 Å². The highest BCUT2D eigenvalue weighted by Crippen LogP contribution is 2.21. The number of hydrogen-bond acceptors (Lipinski definition) is 5. The van der Waals surface area contributed by atoms with Gasteiger partial charge < -0.3 is 20.2 Å². The summed E-state index contributed by atoms with van der Waals surface area (Å²) in [7, 11) is 1.50. The molecular formula is C14H17N3O3. The van der Waals surface area contributed by atoms with E-state index in [9.17, 15) is 4.79 Å². The number of carbonyl (C=O) groups excluding carboxylic acids is 1. The number of aromatic nitrogens is 1. The van der Waals surface area contributed by atoms with Gasteiger partial charge in [0.15, 0.2) is 0 Å². The Morgan fingerprint density at radius 3 is 2.80 bits per heavy atom. The van der Waals surface area contributed by atoms with Crippen LogP contribution in [-0.2, 0) is 6.54 Å². The number of oxazole rings is 1. The van der Waals surface area contributed by atoms with Gasteiger partial charge in [0.1, 0.15) is 11.5 Å². The Kier molecular flexibility index (Phi) is 3.93. The summed E-state index contributed by atoms with van der Waals surface area (Å²) in [6.07, 6.45) is 0. The molecule has 1 heterocycles. The molecule has 3 N–H and O–H groups in total. The van der Waals surface area contributed by atoms with Crippen LogP contribution in [0.15, 0.2) is 22.6 Å². The number of aryl methyl sites for hydroxylation is 2. The number of rotatable bonds is 4. The maximum absolute atomic E-state index is 12.1. The van der Waals surface area contributed by atoms with Gasteiger partial charge in [-0.1, -0.05) is 0 Å². The van der Waals surface area contributed by atoms with Crippen LogP contribution in [0.2, 0.25) is 0 Å². The molecule has 1 aromatic heterocycles. The molecule has 0 aliphatic rings. The Hall–Kier alpha value is -2.50. The number of carbonyl (C=O) groups is 1. The predicted molar refractivity (Wildman–Crippen MR) is 74.6 cm³/mol. The summed E-state index contributed by atoms with van der Waals surface area (Å²) < 4.78 is 10.5. The quantitative estimate of drug-likeness (QED) is 0.830. The zero-order chi connectivity index (χ0) is 14.7. The summed E-state index contributed by atoms with van der Waals surface area (Å²) in [5.74, 6) is 1.39. The van der Waals surface area contributed by atoms with Crippen LogP contribution < -0.4 is 15.8 Å². The third-order valence-electron chi connectivity index (χ3n) is 2.94. The van der Waals surface area contributed by atoms with E-state index in [2.05, 4.69) is 10.3 Å². The average molecular weight is 275 g/mol. The fourth-order valence-electron chi connectivity index (χ4n) is 1.77. The summed E-state index contributed by atoms with van der Waals surface area (Å²) in [6.45, 7) is 3.89. The molecule has 20 heavy (non-hydrogen) atoms. The maximum Gasteiger partial charge on any atom is 0.255 e. The molecule has 2 rings (SSSR count). The van der Waals surface area contributed by atoms with E-state index >= 15 is 0 Å². The molecule has 0 saturated carbocycles. The fourth-order valence-corrected chi connectivity index (χ4v) is 1.77. The van der Waals surface area contributed by atoms with E-state index in [1.807, 2.05) is 13.8 Å². The highest BCUT2D eigenvalue weighted by Gasteiger charge is 2.14. The molecule has 1 amide bonds. The Labute approximate surface area is 116 Å². The molecule has 0 spiro atoms. The first-order chi connectivity index (χ1) is 9.51. The fraction of sp³-hybridized carbons (Fsp3) is 0.286. The predicted octanol–water partition coefficient (Wildman–Crippen LogP) is 1.81. The number of anilines is 1. The first-order valence-electron chi connectivity index (χ1n) is 6.16. The van der Waals surface area contributed by atoms with Gasteiger partial charge in [0, 0.05) is 5.69 Å². The van der Waals surface area contributed by atoms with Crippen LogP contribution >= 0.6 is 0 Å². The highest BCUT2D eigenvalue weighted by atomic mass is 16.5. The number of nitrogens with zero attached hydrogens (tertiary/aromatic N) is 1. The van der Waals surface area contributed by atoms with Gasteiger partial charge in [-0.3, -0.25) is 4.79 Å². The summed E-state index contributed by atoms with van der Waals surface area (Å²) in [6, 6.07) is 4.90. The van der Waals surface area contributed by atoms with Gasteiger partial charge in [-0.15, -0.1) is 0 Å². The summed E-state index contributed by atoms with van der Waals surface area (Å²) >= 11 is 0. The minimum Gasteiger partial charge on any atom is -0.496 e. The number of ether oxygens (including phenoxy) is 1. The molecule has 0 saturated heterocycles. The maximum atomic E-state index is 12.1. The van der Waals surface area contributed by atoms with Crippen molar-refractivity contribution in [3.8, 4) is 5.75 Å². The molecule has 0 bridgehead atoms. The number of hydrogen-bond donors (Lipinski definition) is 2. The van der Waals surface area contributed by atoms with Crippen LogP contribution in [0.3, 0.4) is 0 Å². The molecule has 2 aromatic rings. The van der Waals surface area contributed by atoms with Crippen molar-refractivity contribution in [3.05, 3.63) is 41.1 Å². The van der Waals surface area contributed by atoms with Gasteiger partial charge in [-0.25, -0.2) is 4.98 Å². The third kappa shape index (κ3) is 2.90. The second-order valence-corrected chi connectivity index (χ2v) is 4.39. The van der Waals surface area contributed by atoms with Crippen molar-refractivity contribution in [3.63, 3.8) is 0 Å². The lowest BCUT2D eigenvalue weighted by atomic mass is 10.1. The van der Waals surface area contributed by atoms with Crippen LogP contribution in [0, 0.1) is 13.8 Å². The Morgan fingerprint density at radius 1 is 1.45 bits per heavy atom. The van der Waals surface area contributed by atoms with E-state index in [4.69, 9.17) is 14.9 Å². The van der Waals surface area contributed by atoms with Crippen molar-refractivity contribution in [1.29, 1.82) is 0 Å². The second-order valence-electron chi connectivity index (χ2n) is 4.39. The van der Waals surface area contributed by atoms with Gasteiger partial charge in [0.2, 0.25) is 5.89 Å². The van der Waals surface area contributed by atoms with Crippen molar-refractivity contribution in [1.82, 2.24) is 10.3 Å². The summed E-state index contributed by atoms with van der Waals surface area (Å²) in [4.78, 5) is 16.3. The number of benzene rings is 1. The Morgan fingerprint density at radius 2 is 2.20 bits per heavy atom. The van der Waals surface area contributed by atoms with Gasteiger partial charge in [-0.2, -0.15) is 0 Å². The van der Waals surface area contributed by atoms with Crippen molar-refractivity contribution >= 4 is 11.6 Å². The van der Waals surface area contributed by atoms with Crippen molar-refractivity contribution in [2.45, 2.75) is 20.4 Å². The van der Waals surface area contributed by atoms with Crippen molar-refractivity contribution in [2.24, 2.45) is 0 Å². The molecule has 0 aliphatic carbocycles. The molecule has 0 unspecified atom stereocenters. The minimum atomic E-state index is -0.289. The lowest BCUT2D eigenvalue weighted by molar-refractivity contribution is 0.0944. The first-order valence-corrected chi connectivity index (χ1v) is 6.16. The van der Waals surface area contributed by atoms with Crippen LogP contribution in [-0.4, -0.2) is 18.0 Å². The van der Waals surface area contributed by atoms with Crippen molar-refractivity contribution in [2.75, 3.05) is 12.8 Å². The third-order valence-corrected chi connectivity index (χ3v) is 2.94. The summed E-state index contributed by atoms with van der Waals surface area (Å²) in [5, 5.41) is 2.73. The number of methoxy groups -OCH3 is 1. The van der Waals surface area contributed by atoms with E-state index in [1.54, 1.807) is 18.2 Å². The molecule has 106 valence electrons. The van der Waals surface area contributed by atoms with Crippen LogP contribution in [0.4, 0.5) is 5.69 Å². The van der Waals surface area contributed by atoms with E-state index < -0.39 is 0 Å². The SMILES string of the molecule is COc1ccc(N)cc1C(=O)NCc1nc(C)c(C)o1. The normalized spacial score (nSPS) is 10.3. The smallest absolute Gasteiger partial charge is 0.255 e. The zero-order valence-electron chi connectivity index (χ0n) is 11.7. The Bertz CT molecular complexity index is 615. The molecule has 0 radical (unpaired) electrons. The van der Waals surface area contributed by atoms with Gasteiger partial charge >= 0.3 is 0 Å². The molecule has 0 fully saturated rings. The van der Waals surface area contributed by atoms with Gasteiger partial charge in [-0.05, 0) is 32.0 Å². The highest BCUT2D eigenvalue weighted by molar-refractivity contribution is 5.97. The lowest BCUT2D eigenvalue weighted by Gasteiger charge is -2.09. The monoisotopic (exact) mass is 275 g/mol. The topological polar surface area (TPSA) is 90.4 Å². The number of nitrogens with one attached hydrogen (secondary N) is 1. The van der Waals surface area contributed by atoms with Crippen LogP contribution in [0.1, 0.15) is 27.7 Å². The first kappa shape index (κ1) is 13.9. The van der Waals surface area contributed by atoms with Crippen LogP contribution in [0.5, 0.6) is 5.75 Å². The van der Waals surface area contributed by atoms with Crippen molar-refractivity contribution < 1.29 is 13.9 Å². The van der Waals surface area contributed by atoms with E-state index in [1.165, 1.54) is 7.11 Å². The standard InChI is InChI=1S/C14H17N3O3/c1-8-9(2)20-13(17-8)7-16-14(18)11-6-10(15)4-5-12(11)19-3/h4-6H,7,15H2,1-3H3,(H,16,18). The molecule has 6 heteroatoms. The summed E-state index contributed by atoms with van der Waals surface area (Å²) in [5.41, 5.74) is 7.38. The molecule has 0 aliphatic heterocycles. The number of amides is 1. The van der Waals surface area contributed by atoms with E-state index in [0.717, 1.165) is 11.5 Å². The van der Waals surface area contributed by atoms with Gasteiger partial charge in [0.25, 0.3) is 5.91 Å². The van der Waals surface area contributed by atoms with Gasteiger partial charge in [0.05, 0.1) is 24.9 Å². The largest absolute Gasteiger partial charge is 0.496 e. The molecule has 1 aromatic carbocycles. The van der Waals surface area contributed by atoms with Crippen LogP contribution in [0.25, 0.3) is 0 Å². The minimum absolute atomic E-state index is 0.214. The number of nitrogens with two attached hydrogens (primary N) is 1. The zero-order valence-corrected chi connectivity index (χ0v) is 11.7. The molecule has 6 nitrogen and oxygen atoms in total. The Balaban J connectivity index is 2.10. The second kappa shape index (κ2) is 5.64.